The summed E-state index contributed by atoms with van der Waals surface area (Å²) in [5, 5.41) is 2.72. The Labute approximate surface area is 176 Å². The third-order valence-electron chi connectivity index (χ3n) is 3.61. The van der Waals surface area contributed by atoms with Crippen LogP contribution in [0.5, 0.6) is 5.75 Å². The largest absolute Gasteiger partial charge is 0.508 e. The van der Waals surface area contributed by atoms with E-state index >= 15 is 0 Å². The molecule has 0 aliphatic heterocycles. The van der Waals surface area contributed by atoms with Crippen LogP contribution in [0.2, 0.25) is 0 Å². The van der Waals surface area contributed by atoms with Crippen LogP contribution in [0.25, 0.3) is 0 Å². The SMILES string of the molecule is CCOC(=O)OCCN(CCOC(=O)OCC)c1cc(NC(C)=O)ccc1OCC. The predicted octanol–water partition coefficient (Wildman–Crippen LogP) is 3.20. The Balaban J connectivity index is 2.99. The highest BCUT2D eigenvalue weighted by Crippen LogP contribution is 2.31. The summed E-state index contributed by atoms with van der Waals surface area (Å²) >= 11 is 0. The van der Waals surface area contributed by atoms with Crippen molar-refractivity contribution in [3.8, 4) is 5.75 Å². The smallest absolute Gasteiger partial charge is 0.492 e. The second-order valence-electron chi connectivity index (χ2n) is 5.85. The van der Waals surface area contributed by atoms with Gasteiger partial charge in [0.2, 0.25) is 5.91 Å². The molecule has 30 heavy (non-hydrogen) atoms. The van der Waals surface area contributed by atoms with Crippen LogP contribution < -0.4 is 15.0 Å². The molecule has 1 aromatic rings. The maximum absolute atomic E-state index is 11.5. The number of hydrogen-bond acceptors (Lipinski definition) is 9. The van der Waals surface area contributed by atoms with Crippen LogP contribution in [0, 0.1) is 0 Å². The number of carbonyl (C=O) groups excluding carboxylic acids is 3. The molecule has 0 heterocycles. The van der Waals surface area contributed by atoms with Gasteiger partial charge in [-0.1, -0.05) is 0 Å². The Kier molecular flexibility index (Phi) is 11.5. The van der Waals surface area contributed by atoms with Gasteiger partial charge in [0.25, 0.3) is 0 Å². The average molecular weight is 426 g/mol. The van der Waals surface area contributed by atoms with Crippen LogP contribution in [0.15, 0.2) is 18.2 Å². The van der Waals surface area contributed by atoms with Crippen molar-refractivity contribution in [2.45, 2.75) is 27.7 Å². The normalized spacial score (nSPS) is 10.0. The van der Waals surface area contributed by atoms with Crippen molar-refractivity contribution in [2.24, 2.45) is 0 Å². The molecule has 0 saturated carbocycles. The number of benzene rings is 1. The molecule has 168 valence electrons. The molecule has 0 unspecified atom stereocenters. The van der Waals surface area contributed by atoms with E-state index in [0.29, 0.717) is 23.7 Å². The molecule has 1 rings (SSSR count). The van der Waals surface area contributed by atoms with E-state index in [4.69, 9.17) is 23.7 Å². The van der Waals surface area contributed by atoms with Crippen molar-refractivity contribution in [3.63, 3.8) is 0 Å². The number of hydrogen-bond donors (Lipinski definition) is 1. The summed E-state index contributed by atoms with van der Waals surface area (Å²) in [5.74, 6) is 0.354. The number of rotatable bonds is 12. The molecule has 0 aromatic heterocycles. The number of carbonyl (C=O) groups is 3. The Morgan fingerprint density at radius 1 is 0.867 bits per heavy atom. The van der Waals surface area contributed by atoms with Crippen molar-refractivity contribution in [2.75, 3.05) is 56.3 Å². The zero-order valence-corrected chi connectivity index (χ0v) is 17.9. The first-order valence-corrected chi connectivity index (χ1v) is 9.79. The van der Waals surface area contributed by atoms with Crippen molar-refractivity contribution in [1.82, 2.24) is 0 Å². The molecule has 10 nitrogen and oxygen atoms in total. The summed E-state index contributed by atoms with van der Waals surface area (Å²) < 4.78 is 25.3. The number of amides is 1. The van der Waals surface area contributed by atoms with Gasteiger partial charge < -0.3 is 33.9 Å². The van der Waals surface area contributed by atoms with Gasteiger partial charge in [-0.2, -0.15) is 0 Å². The maximum Gasteiger partial charge on any atom is 0.508 e. The van der Waals surface area contributed by atoms with E-state index in [1.807, 2.05) is 11.8 Å². The maximum atomic E-state index is 11.5. The number of anilines is 2. The van der Waals surface area contributed by atoms with Gasteiger partial charge in [0.05, 0.1) is 38.6 Å². The molecule has 0 saturated heterocycles. The van der Waals surface area contributed by atoms with E-state index in [1.165, 1.54) is 6.92 Å². The molecule has 0 spiro atoms. The van der Waals surface area contributed by atoms with E-state index in [-0.39, 0.29) is 45.4 Å². The molecule has 1 N–H and O–H groups in total. The summed E-state index contributed by atoms with van der Waals surface area (Å²) in [6.07, 6.45) is -1.53. The second-order valence-corrected chi connectivity index (χ2v) is 5.85. The van der Waals surface area contributed by atoms with Gasteiger partial charge in [0, 0.05) is 12.6 Å². The van der Waals surface area contributed by atoms with Gasteiger partial charge in [0.15, 0.2) is 0 Å². The number of nitrogens with zero attached hydrogens (tertiary/aromatic N) is 1. The lowest BCUT2D eigenvalue weighted by Crippen LogP contribution is -2.32. The molecule has 0 aliphatic rings. The summed E-state index contributed by atoms with van der Waals surface area (Å²) in [7, 11) is 0. The lowest BCUT2D eigenvalue weighted by atomic mass is 10.2. The van der Waals surface area contributed by atoms with Crippen LogP contribution >= 0.6 is 0 Å². The van der Waals surface area contributed by atoms with E-state index in [2.05, 4.69) is 5.32 Å². The molecule has 1 aromatic carbocycles. The highest BCUT2D eigenvalue weighted by atomic mass is 16.7. The fraction of sp³-hybridized carbons (Fsp3) is 0.550. The average Bonchev–Trinajstić information content (AvgIpc) is 2.68. The molecule has 0 radical (unpaired) electrons. The minimum absolute atomic E-state index is 0.0359. The van der Waals surface area contributed by atoms with E-state index in [9.17, 15) is 14.4 Å². The second kappa shape index (κ2) is 13.9. The fourth-order valence-corrected chi connectivity index (χ4v) is 2.47. The molecular formula is C20H30N2O8. The highest BCUT2D eigenvalue weighted by Gasteiger charge is 2.16. The van der Waals surface area contributed by atoms with Crippen LogP contribution in [0.1, 0.15) is 27.7 Å². The monoisotopic (exact) mass is 426 g/mol. The van der Waals surface area contributed by atoms with Crippen molar-refractivity contribution in [3.05, 3.63) is 18.2 Å². The van der Waals surface area contributed by atoms with E-state index in [0.717, 1.165) is 0 Å². The fourth-order valence-electron chi connectivity index (χ4n) is 2.47. The molecule has 0 fully saturated rings. The van der Waals surface area contributed by atoms with E-state index in [1.54, 1.807) is 32.0 Å². The van der Waals surface area contributed by atoms with Crippen LogP contribution in [0.4, 0.5) is 21.0 Å². The van der Waals surface area contributed by atoms with Crippen molar-refractivity contribution >= 4 is 29.6 Å². The van der Waals surface area contributed by atoms with Gasteiger partial charge in [-0.05, 0) is 39.0 Å². The Bertz CT molecular complexity index is 671. The summed E-state index contributed by atoms with van der Waals surface area (Å²) in [6.45, 7) is 8.10. The third-order valence-corrected chi connectivity index (χ3v) is 3.61. The van der Waals surface area contributed by atoms with Gasteiger partial charge >= 0.3 is 12.3 Å². The quantitative estimate of drug-likeness (QED) is 0.503. The lowest BCUT2D eigenvalue weighted by Gasteiger charge is -2.27. The Hall–Kier alpha value is -3.17. The minimum atomic E-state index is -0.766. The Morgan fingerprint density at radius 3 is 1.90 bits per heavy atom. The number of ether oxygens (including phenoxy) is 5. The molecule has 1 amide bonds. The van der Waals surface area contributed by atoms with Crippen LogP contribution in [0.3, 0.4) is 0 Å². The van der Waals surface area contributed by atoms with Crippen molar-refractivity contribution in [1.29, 1.82) is 0 Å². The van der Waals surface area contributed by atoms with Gasteiger partial charge in [-0.3, -0.25) is 4.79 Å². The summed E-state index contributed by atoms with van der Waals surface area (Å²) in [4.78, 5) is 36.2. The Morgan fingerprint density at radius 2 is 1.43 bits per heavy atom. The van der Waals surface area contributed by atoms with Gasteiger partial charge in [-0.15, -0.1) is 0 Å². The predicted molar refractivity (Wildman–Crippen MR) is 110 cm³/mol. The molecule has 10 heteroatoms. The summed E-state index contributed by atoms with van der Waals surface area (Å²) in [6, 6.07) is 5.19. The zero-order chi connectivity index (χ0) is 22.4. The topological polar surface area (TPSA) is 113 Å². The zero-order valence-electron chi connectivity index (χ0n) is 17.9. The first-order chi connectivity index (χ1) is 14.4. The molecule has 0 atom stereocenters. The molecule has 0 bridgehead atoms. The van der Waals surface area contributed by atoms with Crippen molar-refractivity contribution < 1.29 is 38.1 Å². The van der Waals surface area contributed by atoms with Crippen LogP contribution in [-0.2, 0) is 23.7 Å². The third kappa shape index (κ3) is 9.35. The van der Waals surface area contributed by atoms with E-state index < -0.39 is 12.3 Å². The standard InChI is InChI=1S/C20H30N2O8/c1-5-26-18-9-8-16(21-15(4)23)14-17(18)22(10-12-29-19(24)27-6-2)11-13-30-20(25)28-7-3/h8-9,14H,5-7,10-13H2,1-4H3,(H,21,23). The summed E-state index contributed by atoms with van der Waals surface area (Å²) in [5.41, 5.74) is 1.21. The molecular weight excluding hydrogens is 396 g/mol. The van der Waals surface area contributed by atoms with Gasteiger partial charge in [-0.25, -0.2) is 9.59 Å². The lowest BCUT2D eigenvalue weighted by molar-refractivity contribution is -0.114. The minimum Gasteiger partial charge on any atom is -0.492 e. The first kappa shape index (κ1) is 24.9. The first-order valence-electron chi connectivity index (χ1n) is 9.79. The highest BCUT2D eigenvalue weighted by molar-refractivity contribution is 5.89. The van der Waals surface area contributed by atoms with Gasteiger partial charge in [0.1, 0.15) is 19.0 Å². The number of nitrogens with one attached hydrogen (secondary N) is 1. The molecule has 0 aliphatic carbocycles. The van der Waals surface area contributed by atoms with Crippen LogP contribution in [-0.4, -0.2) is 64.3 Å².